The van der Waals surface area contributed by atoms with Crippen LogP contribution in [0.2, 0.25) is 0 Å². The number of amides is 2. The summed E-state index contributed by atoms with van der Waals surface area (Å²) in [6.07, 6.45) is 0.702. The maximum atomic E-state index is 13.0. The number of alkyl halides is 3. The van der Waals surface area contributed by atoms with E-state index in [0.29, 0.717) is 37.8 Å². The van der Waals surface area contributed by atoms with Crippen LogP contribution in [0.4, 0.5) is 13.2 Å². The minimum Gasteiger partial charge on any atom is -0.369 e. The van der Waals surface area contributed by atoms with Gasteiger partial charge in [-0.05, 0) is 37.3 Å². The van der Waals surface area contributed by atoms with E-state index in [2.05, 4.69) is 11.4 Å². The number of nitrogens with two attached hydrogens (primary N) is 1. The van der Waals surface area contributed by atoms with Gasteiger partial charge in [0.15, 0.2) is 0 Å². The van der Waals surface area contributed by atoms with E-state index in [1.807, 2.05) is 4.90 Å². The van der Waals surface area contributed by atoms with Crippen LogP contribution in [-0.4, -0.2) is 35.3 Å². The molecule has 1 unspecified atom stereocenters. The number of likely N-dealkylation sites (tertiary alicyclic amines) is 1. The highest BCUT2D eigenvalue weighted by atomic mass is 19.4. The summed E-state index contributed by atoms with van der Waals surface area (Å²) in [5.74, 6) is -0.674. The van der Waals surface area contributed by atoms with E-state index in [0.717, 1.165) is 31.4 Å². The van der Waals surface area contributed by atoms with Gasteiger partial charge in [0.2, 0.25) is 11.8 Å². The molecule has 6 nitrogen and oxygen atoms in total. The number of primary amides is 1. The van der Waals surface area contributed by atoms with Crippen LogP contribution in [0.25, 0.3) is 0 Å². The largest absolute Gasteiger partial charge is 0.416 e. The van der Waals surface area contributed by atoms with E-state index in [1.165, 1.54) is 6.07 Å². The second kappa shape index (κ2) is 9.49. The molecule has 0 radical (unpaired) electrons. The molecule has 1 aromatic rings. The van der Waals surface area contributed by atoms with Crippen molar-refractivity contribution in [1.82, 2.24) is 10.2 Å². The van der Waals surface area contributed by atoms with Gasteiger partial charge < -0.3 is 11.1 Å². The van der Waals surface area contributed by atoms with Gasteiger partial charge in [0, 0.05) is 31.5 Å². The molecular weight excluding hydrogens is 421 g/mol. The number of carbonyl (C=O) groups is 2. The molecule has 174 valence electrons. The Hall–Kier alpha value is -2.60. The number of benzene rings is 1. The molecule has 32 heavy (non-hydrogen) atoms. The highest BCUT2D eigenvalue weighted by molar-refractivity contribution is 5.83. The minimum absolute atomic E-state index is 0.111. The maximum Gasteiger partial charge on any atom is 0.416 e. The summed E-state index contributed by atoms with van der Waals surface area (Å²) in [5, 5.41) is 12.6. The molecule has 1 aliphatic carbocycles. The standard InChI is InChI=1S/C23H29F3N4O2/c24-23(25,26)18-6-4-5-17(13-18)14-30-12-11-22(15-27,16-30)29-19(31)7-10-21(20(28)32)8-2-1-3-9-21/h4-6,13H,1-3,7-12,14,16H2,(H2,28,32)(H,29,31). The zero-order chi connectivity index (χ0) is 23.4. The van der Waals surface area contributed by atoms with Crippen molar-refractivity contribution in [3.63, 3.8) is 0 Å². The zero-order valence-corrected chi connectivity index (χ0v) is 18.0. The predicted octanol–water partition coefficient (Wildman–Crippen LogP) is 3.51. The molecule has 3 N–H and O–H groups in total. The lowest BCUT2D eigenvalue weighted by molar-refractivity contribution is -0.137. The van der Waals surface area contributed by atoms with Gasteiger partial charge in [-0.3, -0.25) is 14.5 Å². The predicted molar refractivity (Wildman–Crippen MR) is 112 cm³/mol. The summed E-state index contributed by atoms with van der Waals surface area (Å²) in [4.78, 5) is 26.5. The number of rotatable bonds is 7. The minimum atomic E-state index is -4.41. The van der Waals surface area contributed by atoms with Crippen LogP contribution in [-0.2, 0) is 22.3 Å². The number of carbonyl (C=O) groups excluding carboxylic acids is 2. The van der Waals surface area contributed by atoms with Gasteiger partial charge in [-0.25, -0.2) is 0 Å². The molecule has 2 aliphatic rings. The molecule has 0 spiro atoms. The van der Waals surface area contributed by atoms with Crippen LogP contribution in [0.5, 0.6) is 0 Å². The fraction of sp³-hybridized carbons (Fsp3) is 0.609. The molecule has 1 atom stereocenters. The summed E-state index contributed by atoms with van der Waals surface area (Å²) in [6.45, 7) is 0.968. The SMILES string of the molecule is N#CC1(NC(=O)CCC2(C(N)=O)CCCCC2)CCN(Cc2cccc(C(F)(F)F)c2)C1. The third-order valence-corrected chi connectivity index (χ3v) is 6.77. The number of nitrogens with one attached hydrogen (secondary N) is 1. The van der Waals surface area contributed by atoms with Gasteiger partial charge >= 0.3 is 6.18 Å². The fourth-order valence-corrected chi connectivity index (χ4v) is 4.88. The molecule has 2 amide bonds. The van der Waals surface area contributed by atoms with E-state index in [4.69, 9.17) is 5.73 Å². The molecule has 3 rings (SSSR count). The summed E-state index contributed by atoms with van der Waals surface area (Å²) in [6, 6.07) is 7.31. The van der Waals surface area contributed by atoms with Crippen LogP contribution in [0.15, 0.2) is 24.3 Å². The van der Waals surface area contributed by atoms with Crippen LogP contribution in [0, 0.1) is 16.7 Å². The summed E-state index contributed by atoms with van der Waals surface area (Å²) >= 11 is 0. The monoisotopic (exact) mass is 450 g/mol. The van der Waals surface area contributed by atoms with Crippen LogP contribution in [0.1, 0.15) is 62.5 Å². The number of hydrogen-bond donors (Lipinski definition) is 2. The summed E-state index contributed by atoms with van der Waals surface area (Å²) < 4.78 is 38.9. The van der Waals surface area contributed by atoms with E-state index < -0.39 is 22.7 Å². The summed E-state index contributed by atoms with van der Waals surface area (Å²) in [7, 11) is 0. The number of halogens is 3. The van der Waals surface area contributed by atoms with Gasteiger partial charge in [0.05, 0.1) is 11.6 Å². The van der Waals surface area contributed by atoms with Crippen molar-refractivity contribution in [2.45, 2.75) is 69.6 Å². The van der Waals surface area contributed by atoms with E-state index in [-0.39, 0.29) is 31.3 Å². The van der Waals surface area contributed by atoms with Crippen molar-refractivity contribution in [1.29, 1.82) is 5.26 Å². The first-order valence-electron chi connectivity index (χ1n) is 11.0. The molecule has 0 aromatic heterocycles. The lowest BCUT2D eigenvalue weighted by Crippen LogP contribution is -2.50. The van der Waals surface area contributed by atoms with Gasteiger partial charge in [-0.15, -0.1) is 0 Å². The van der Waals surface area contributed by atoms with E-state index >= 15 is 0 Å². The highest BCUT2D eigenvalue weighted by Crippen LogP contribution is 2.40. The van der Waals surface area contributed by atoms with Crippen molar-refractivity contribution in [2.24, 2.45) is 11.1 Å². The topological polar surface area (TPSA) is 99.2 Å². The Morgan fingerprint density at radius 3 is 2.53 bits per heavy atom. The molecule has 1 aliphatic heterocycles. The Kier molecular flexibility index (Phi) is 7.13. The Balaban J connectivity index is 1.58. The third-order valence-electron chi connectivity index (χ3n) is 6.77. The lowest BCUT2D eigenvalue weighted by atomic mass is 9.70. The fourth-order valence-electron chi connectivity index (χ4n) is 4.88. The van der Waals surface area contributed by atoms with Gasteiger partial charge in [-0.1, -0.05) is 37.5 Å². The van der Waals surface area contributed by atoms with Crippen molar-refractivity contribution in [2.75, 3.05) is 13.1 Å². The zero-order valence-electron chi connectivity index (χ0n) is 18.0. The third kappa shape index (κ3) is 5.60. The van der Waals surface area contributed by atoms with Gasteiger partial charge in [0.1, 0.15) is 5.54 Å². The number of nitriles is 1. The first kappa shape index (κ1) is 24.1. The second-order valence-corrected chi connectivity index (χ2v) is 9.11. The first-order chi connectivity index (χ1) is 15.1. The second-order valence-electron chi connectivity index (χ2n) is 9.11. The summed E-state index contributed by atoms with van der Waals surface area (Å²) in [5.41, 5.74) is 3.68. The molecule has 2 fully saturated rings. The molecule has 9 heteroatoms. The molecule has 1 heterocycles. The maximum absolute atomic E-state index is 13.0. The average Bonchev–Trinajstić information content (AvgIpc) is 3.15. The molecule has 1 saturated carbocycles. The quantitative estimate of drug-likeness (QED) is 0.664. The molecule has 1 saturated heterocycles. The lowest BCUT2D eigenvalue weighted by Gasteiger charge is -2.34. The smallest absolute Gasteiger partial charge is 0.369 e. The molecule has 1 aromatic carbocycles. The van der Waals surface area contributed by atoms with Crippen LogP contribution in [0.3, 0.4) is 0 Å². The molecular formula is C23H29F3N4O2. The Bertz CT molecular complexity index is 890. The Morgan fingerprint density at radius 1 is 1.19 bits per heavy atom. The molecule has 0 bridgehead atoms. The average molecular weight is 451 g/mol. The van der Waals surface area contributed by atoms with Crippen molar-refractivity contribution < 1.29 is 22.8 Å². The highest BCUT2D eigenvalue weighted by Gasteiger charge is 2.42. The van der Waals surface area contributed by atoms with Gasteiger partial charge in [0.25, 0.3) is 0 Å². The Labute approximate surface area is 185 Å². The van der Waals surface area contributed by atoms with Crippen molar-refractivity contribution >= 4 is 11.8 Å². The number of hydrogen-bond acceptors (Lipinski definition) is 4. The van der Waals surface area contributed by atoms with Crippen LogP contribution < -0.4 is 11.1 Å². The van der Waals surface area contributed by atoms with Gasteiger partial charge in [-0.2, -0.15) is 18.4 Å². The number of nitrogens with zero attached hydrogens (tertiary/aromatic N) is 2. The Morgan fingerprint density at radius 2 is 1.91 bits per heavy atom. The normalized spacial score (nSPS) is 23.4. The first-order valence-corrected chi connectivity index (χ1v) is 11.0. The van der Waals surface area contributed by atoms with E-state index in [1.54, 1.807) is 6.07 Å². The van der Waals surface area contributed by atoms with E-state index in [9.17, 15) is 28.0 Å². The van der Waals surface area contributed by atoms with Crippen molar-refractivity contribution in [3.05, 3.63) is 35.4 Å². The van der Waals surface area contributed by atoms with Crippen molar-refractivity contribution in [3.8, 4) is 6.07 Å². The van der Waals surface area contributed by atoms with Crippen LogP contribution >= 0.6 is 0 Å².